The fourth-order valence-corrected chi connectivity index (χ4v) is 6.98. The zero-order valence-electron chi connectivity index (χ0n) is 22.4. The number of hydrogen-bond donors (Lipinski definition) is 2. The van der Waals surface area contributed by atoms with Crippen LogP contribution >= 0.6 is 0 Å². The molecule has 208 valence electrons. The van der Waals surface area contributed by atoms with E-state index in [1.54, 1.807) is 6.07 Å². The highest BCUT2D eigenvalue weighted by atomic mass is 32.2. The van der Waals surface area contributed by atoms with Crippen LogP contribution in [0.3, 0.4) is 0 Å². The van der Waals surface area contributed by atoms with E-state index in [9.17, 15) is 21.6 Å². The molecule has 0 atom stereocenters. The molecule has 1 aliphatic rings. The summed E-state index contributed by atoms with van der Waals surface area (Å²) in [6.45, 7) is 6.67. The SMILES string of the molecule is COc1ccc(S(=O)(=O)N2CCC(C)CC2)cc1C(=O)Nc1ccc(S(=O)(=O)Nc2cc(C)ccc2C)cc1. The second kappa shape index (κ2) is 11.4. The van der Waals surface area contributed by atoms with Gasteiger partial charge in [0.2, 0.25) is 10.0 Å². The van der Waals surface area contributed by atoms with Gasteiger partial charge in [0.15, 0.2) is 0 Å². The first-order chi connectivity index (χ1) is 18.4. The second-order valence-electron chi connectivity index (χ2n) is 9.85. The first kappa shape index (κ1) is 28.6. The molecular formula is C28H33N3O6S2. The van der Waals surface area contributed by atoms with Crippen molar-refractivity contribution in [3.8, 4) is 5.75 Å². The van der Waals surface area contributed by atoms with Crippen molar-refractivity contribution in [2.24, 2.45) is 5.92 Å². The number of nitrogens with zero attached hydrogens (tertiary/aromatic N) is 1. The Morgan fingerprint density at radius 1 is 0.897 bits per heavy atom. The zero-order chi connectivity index (χ0) is 28.4. The maximum atomic E-state index is 13.2. The summed E-state index contributed by atoms with van der Waals surface area (Å²) in [6, 6.07) is 15.4. The van der Waals surface area contributed by atoms with E-state index < -0.39 is 26.0 Å². The number of benzene rings is 3. The number of aryl methyl sites for hydroxylation is 2. The molecule has 0 bridgehead atoms. The molecular weight excluding hydrogens is 538 g/mol. The molecule has 0 spiro atoms. The predicted octanol–water partition coefficient (Wildman–Crippen LogP) is 4.79. The van der Waals surface area contributed by atoms with E-state index in [0.717, 1.165) is 24.0 Å². The fraction of sp³-hybridized carbons (Fsp3) is 0.321. The molecule has 0 radical (unpaired) electrons. The Kier molecular flexibility index (Phi) is 8.34. The van der Waals surface area contributed by atoms with E-state index in [1.807, 2.05) is 26.0 Å². The van der Waals surface area contributed by atoms with Gasteiger partial charge in [-0.1, -0.05) is 19.1 Å². The normalized spacial score (nSPS) is 15.1. The third kappa shape index (κ3) is 6.43. The molecule has 39 heavy (non-hydrogen) atoms. The van der Waals surface area contributed by atoms with E-state index in [4.69, 9.17) is 4.74 Å². The van der Waals surface area contributed by atoms with Crippen molar-refractivity contribution in [1.82, 2.24) is 4.31 Å². The summed E-state index contributed by atoms with van der Waals surface area (Å²) < 4.78 is 61.6. The van der Waals surface area contributed by atoms with Gasteiger partial charge in [-0.05, 0) is 92.3 Å². The van der Waals surface area contributed by atoms with Gasteiger partial charge in [-0.2, -0.15) is 4.31 Å². The van der Waals surface area contributed by atoms with Gasteiger partial charge in [0.25, 0.3) is 15.9 Å². The lowest BCUT2D eigenvalue weighted by Crippen LogP contribution is -2.37. The lowest BCUT2D eigenvalue weighted by atomic mass is 10.0. The Labute approximate surface area is 230 Å². The highest BCUT2D eigenvalue weighted by Crippen LogP contribution is 2.28. The van der Waals surface area contributed by atoms with Gasteiger partial charge >= 0.3 is 0 Å². The van der Waals surface area contributed by atoms with Crippen molar-refractivity contribution in [2.75, 3.05) is 30.2 Å². The maximum absolute atomic E-state index is 13.2. The average molecular weight is 572 g/mol. The molecule has 1 fully saturated rings. The quantitative estimate of drug-likeness (QED) is 0.401. The molecule has 1 saturated heterocycles. The highest BCUT2D eigenvalue weighted by molar-refractivity contribution is 7.92. The number of ether oxygens (including phenoxy) is 1. The Bertz CT molecular complexity index is 1580. The molecule has 0 aromatic heterocycles. The van der Waals surface area contributed by atoms with Crippen molar-refractivity contribution < 1.29 is 26.4 Å². The number of methoxy groups -OCH3 is 1. The molecule has 1 amide bonds. The molecule has 3 aromatic rings. The van der Waals surface area contributed by atoms with Crippen LogP contribution in [0.1, 0.15) is 41.3 Å². The van der Waals surface area contributed by atoms with Crippen LogP contribution in [0.15, 0.2) is 70.5 Å². The van der Waals surface area contributed by atoms with Crippen molar-refractivity contribution in [3.63, 3.8) is 0 Å². The van der Waals surface area contributed by atoms with Gasteiger partial charge in [0.1, 0.15) is 5.75 Å². The molecule has 0 unspecified atom stereocenters. The van der Waals surface area contributed by atoms with Crippen LogP contribution in [0, 0.1) is 19.8 Å². The first-order valence-corrected chi connectivity index (χ1v) is 15.5. The van der Waals surface area contributed by atoms with E-state index in [2.05, 4.69) is 17.0 Å². The fourth-order valence-electron chi connectivity index (χ4n) is 4.36. The number of amides is 1. The number of sulfonamides is 2. The van der Waals surface area contributed by atoms with E-state index in [-0.39, 0.29) is 21.1 Å². The van der Waals surface area contributed by atoms with E-state index in [1.165, 1.54) is 53.9 Å². The third-order valence-corrected chi connectivity index (χ3v) is 10.1. The van der Waals surface area contributed by atoms with Crippen LogP contribution in [0.5, 0.6) is 5.75 Å². The largest absolute Gasteiger partial charge is 0.496 e. The lowest BCUT2D eigenvalue weighted by molar-refractivity contribution is 0.102. The van der Waals surface area contributed by atoms with Gasteiger partial charge in [-0.25, -0.2) is 16.8 Å². The average Bonchev–Trinajstić information content (AvgIpc) is 2.90. The molecule has 9 nitrogen and oxygen atoms in total. The number of rotatable bonds is 8. The molecule has 0 aliphatic carbocycles. The van der Waals surface area contributed by atoms with Crippen molar-refractivity contribution >= 4 is 37.3 Å². The first-order valence-electron chi connectivity index (χ1n) is 12.6. The van der Waals surface area contributed by atoms with Crippen LogP contribution in [0.25, 0.3) is 0 Å². The number of nitrogens with one attached hydrogen (secondary N) is 2. The summed E-state index contributed by atoms with van der Waals surface area (Å²) >= 11 is 0. The molecule has 11 heteroatoms. The Morgan fingerprint density at radius 3 is 2.18 bits per heavy atom. The lowest BCUT2D eigenvalue weighted by Gasteiger charge is -2.29. The minimum atomic E-state index is -3.85. The van der Waals surface area contributed by atoms with Crippen LogP contribution < -0.4 is 14.8 Å². The second-order valence-corrected chi connectivity index (χ2v) is 13.5. The van der Waals surface area contributed by atoms with Crippen molar-refractivity contribution in [2.45, 2.75) is 43.4 Å². The minimum absolute atomic E-state index is 0.0157. The summed E-state index contributed by atoms with van der Waals surface area (Å²) in [7, 11) is -6.22. The van der Waals surface area contributed by atoms with Crippen LogP contribution in [-0.4, -0.2) is 47.2 Å². The Balaban J connectivity index is 1.53. The third-order valence-electron chi connectivity index (χ3n) is 6.86. The summed E-state index contributed by atoms with van der Waals surface area (Å²) in [5.41, 5.74) is 2.60. The van der Waals surface area contributed by atoms with Gasteiger partial charge in [-0.15, -0.1) is 0 Å². The summed E-state index contributed by atoms with van der Waals surface area (Å²) in [5.74, 6) is 0.105. The summed E-state index contributed by atoms with van der Waals surface area (Å²) in [4.78, 5) is 13.2. The van der Waals surface area contributed by atoms with Crippen molar-refractivity contribution in [1.29, 1.82) is 0 Å². The molecule has 3 aromatic carbocycles. The number of carbonyl (C=O) groups is 1. The molecule has 1 aliphatic heterocycles. The smallest absolute Gasteiger partial charge is 0.261 e. The van der Waals surface area contributed by atoms with Crippen LogP contribution in [-0.2, 0) is 20.0 Å². The minimum Gasteiger partial charge on any atom is -0.496 e. The topological polar surface area (TPSA) is 122 Å². The molecule has 2 N–H and O–H groups in total. The standard InChI is InChI=1S/C28H33N3O6S2/c1-19-13-15-31(16-14-19)39(35,36)24-11-12-27(37-4)25(18-24)28(32)29-22-7-9-23(10-8-22)38(33,34)30-26-17-20(2)5-6-21(26)3/h5-12,17-19,30H,13-16H2,1-4H3,(H,29,32). The number of anilines is 2. The van der Waals surface area contributed by atoms with Gasteiger partial charge in [-0.3, -0.25) is 9.52 Å². The van der Waals surface area contributed by atoms with Gasteiger partial charge < -0.3 is 10.1 Å². The molecule has 1 heterocycles. The van der Waals surface area contributed by atoms with Crippen LogP contribution in [0.2, 0.25) is 0 Å². The zero-order valence-corrected chi connectivity index (χ0v) is 24.0. The maximum Gasteiger partial charge on any atom is 0.261 e. The number of carbonyl (C=O) groups excluding carboxylic acids is 1. The molecule has 4 rings (SSSR count). The highest BCUT2D eigenvalue weighted by Gasteiger charge is 2.29. The van der Waals surface area contributed by atoms with E-state index >= 15 is 0 Å². The van der Waals surface area contributed by atoms with E-state index in [0.29, 0.717) is 30.4 Å². The summed E-state index contributed by atoms with van der Waals surface area (Å²) in [6.07, 6.45) is 1.57. The van der Waals surface area contributed by atoms with Gasteiger partial charge in [0, 0.05) is 18.8 Å². The predicted molar refractivity (Wildman–Crippen MR) is 151 cm³/mol. The Hall–Kier alpha value is -3.41. The van der Waals surface area contributed by atoms with Crippen LogP contribution in [0.4, 0.5) is 11.4 Å². The Morgan fingerprint density at radius 2 is 1.54 bits per heavy atom. The molecule has 0 saturated carbocycles. The van der Waals surface area contributed by atoms with Gasteiger partial charge in [0.05, 0.1) is 28.2 Å². The summed E-state index contributed by atoms with van der Waals surface area (Å²) in [5, 5.41) is 2.70. The van der Waals surface area contributed by atoms with Crippen molar-refractivity contribution in [3.05, 3.63) is 77.4 Å². The number of hydrogen-bond acceptors (Lipinski definition) is 6. The monoisotopic (exact) mass is 571 g/mol. The number of piperidine rings is 1.